The fourth-order valence-electron chi connectivity index (χ4n) is 2.87. The number of amides is 2. The Labute approximate surface area is 206 Å². The number of anilines is 1. The van der Waals surface area contributed by atoms with E-state index in [1.165, 1.54) is 6.21 Å². The molecule has 0 atom stereocenters. The van der Waals surface area contributed by atoms with E-state index in [0.717, 1.165) is 26.9 Å². The summed E-state index contributed by atoms with van der Waals surface area (Å²) in [7, 11) is 0. The quantitative estimate of drug-likeness (QED) is 0.270. The standard InChI is InChI=1S/C25H23BrClN3O3/c1-17-6-2-5-9-22(17)29-24(31)12-13-25(32)30-28-15-18-10-11-23(20(26)14-18)33-16-19-7-3-4-8-21(19)27/h2-11,14-15H,12-13,16H2,1H3,(H,29,31)(H,30,32). The van der Waals surface area contributed by atoms with Crippen LogP contribution in [0.1, 0.15) is 29.5 Å². The minimum absolute atomic E-state index is 0.0353. The maximum Gasteiger partial charge on any atom is 0.240 e. The van der Waals surface area contributed by atoms with Crippen molar-refractivity contribution >= 4 is 51.2 Å². The van der Waals surface area contributed by atoms with Crippen LogP contribution in [-0.4, -0.2) is 18.0 Å². The molecule has 2 N–H and O–H groups in total. The Balaban J connectivity index is 1.44. The van der Waals surface area contributed by atoms with Crippen molar-refractivity contribution < 1.29 is 14.3 Å². The molecule has 8 heteroatoms. The van der Waals surface area contributed by atoms with Gasteiger partial charge in [0.1, 0.15) is 12.4 Å². The molecule has 6 nitrogen and oxygen atoms in total. The van der Waals surface area contributed by atoms with Gasteiger partial charge in [-0.1, -0.05) is 48.0 Å². The topological polar surface area (TPSA) is 79.8 Å². The monoisotopic (exact) mass is 527 g/mol. The Morgan fingerprint density at radius 3 is 2.52 bits per heavy atom. The summed E-state index contributed by atoms with van der Waals surface area (Å²) in [4.78, 5) is 24.0. The van der Waals surface area contributed by atoms with Crippen LogP contribution in [0.3, 0.4) is 0 Å². The number of carbonyl (C=O) groups is 2. The second kappa shape index (κ2) is 12.2. The van der Waals surface area contributed by atoms with E-state index in [-0.39, 0.29) is 24.7 Å². The summed E-state index contributed by atoms with van der Waals surface area (Å²) in [6, 6.07) is 20.4. The average Bonchev–Trinajstić information content (AvgIpc) is 2.80. The molecule has 170 valence electrons. The minimum Gasteiger partial charge on any atom is -0.488 e. The van der Waals surface area contributed by atoms with E-state index in [2.05, 4.69) is 31.8 Å². The predicted octanol–water partition coefficient (Wildman–Crippen LogP) is 5.86. The number of aryl methyl sites for hydroxylation is 1. The van der Waals surface area contributed by atoms with E-state index in [9.17, 15) is 9.59 Å². The number of hydrazone groups is 1. The highest BCUT2D eigenvalue weighted by molar-refractivity contribution is 9.10. The Morgan fingerprint density at radius 2 is 1.76 bits per heavy atom. The molecule has 0 bridgehead atoms. The van der Waals surface area contributed by atoms with Crippen LogP contribution in [0.4, 0.5) is 5.69 Å². The number of para-hydroxylation sites is 1. The van der Waals surface area contributed by atoms with Gasteiger partial charge >= 0.3 is 0 Å². The highest BCUT2D eigenvalue weighted by Gasteiger charge is 2.08. The van der Waals surface area contributed by atoms with Crippen LogP contribution in [0.15, 0.2) is 76.3 Å². The van der Waals surface area contributed by atoms with Gasteiger partial charge in [-0.2, -0.15) is 5.10 Å². The number of nitrogens with one attached hydrogen (secondary N) is 2. The van der Waals surface area contributed by atoms with Crippen LogP contribution in [-0.2, 0) is 16.2 Å². The van der Waals surface area contributed by atoms with E-state index < -0.39 is 0 Å². The molecule has 0 saturated carbocycles. The molecule has 2 amide bonds. The summed E-state index contributed by atoms with van der Waals surface area (Å²) in [5, 5.41) is 7.41. The first-order valence-corrected chi connectivity index (χ1v) is 11.4. The summed E-state index contributed by atoms with van der Waals surface area (Å²) in [6.45, 7) is 2.26. The van der Waals surface area contributed by atoms with Gasteiger partial charge in [0.15, 0.2) is 0 Å². The molecule has 0 aliphatic heterocycles. The second-order valence-corrected chi connectivity index (χ2v) is 8.49. The van der Waals surface area contributed by atoms with Gasteiger partial charge in [-0.05, 0) is 64.3 Å². The van der Waals surface area contributed by atoms with Crippen LogP contribution in [0.25, 0.3) is 0 Å². The first-order chi connectivity index (χ1) is 15.9. The van der Waals surface area contributed by atoms with Crippen molar-refractivity contribution in [2.24, 2.45) is 5.10 Å². The van der Waals surface area contributed by atoms with E-state index in [1.54, 1.807) is 6.07 Å². The Bertz CT molecular complexity index is 1170. The summed E-state index contributed by atoms with van der Waals surface area (Å²) >= 11 is 9.64. The highest BCUT2D eigenvalue weighted by Crippen LogP contribution is 2.27. The second-order valence-electron chi connectivity index (χ2n) is 7.23. The van der Waals surface area contributed by atoms with Crippen molar-refractivity contribution in [2.75, 3.05) is 5.32 Å². The highest BCUT2D eigenvalue weighted by atomic mass is 79.9. The molecule has 0 spiro atoms. The van der Waals surface area contributed by atoms with Gasteiger partial charge in [-0.25, -0.2) is 5.43 Å². The van der Waals surface area contributed by atoms with E-state index >= 15 is 0 Å². The number of rotatable bonds is 9. The SMILES string of the molecule is Cc1ccccc1NC(=O)CCC(=O)NN=Cc1ccc(OCc2ccccc2Cl)c(Br)c1. The van der Waals surface area contributed by atoms with Crippen molar-refractivity contribution in [1.29, 1.82) is 0 Å². The first kappa shape index (κ1) is 24.5. The van der Waals surface area contributed by atoms with Crippen molar-refractivity contribution in [1.82, 2.24) is 5.43 Å². The van der Waals surface area contributed by atoms with Crippen LogP contribution < -0.4 is 15.5 Å². The molecule has 0 aliphatic rings. The third kappa shape index (κ3) is 7.73. The lowest BCUT2D eigenvalue weighted by atomic mass is 10.2. The molecule has 0 heterocycles. The van der Waals surface area contributed by atoms with Crippen molar-refractivity contribution in [3.8, 4) is 5.75 Å². The average molecular weight is 529 g/mol. The Morgan fingerprint density at radius 1 is 1.03 bits per heavy atom. The summed E-state index contributed by atoms with van der Waals surface area (Å²) in [5.74, 6) is 0.0976. The molecule has 0 fully saturated rings. The number of hydrogen-bond acceptors (Lipinski definition) is 4. The van der Waals surface area contributed by atoms with Gasteiger partial charge in [0.05, 0.1) is 10.7 Å². The fourth-order valence-corrected chi connectivity index (χ4v) is 3.57. The van der Waals surface area contributed by atoms with E-state index in [1.807, 2.05) is 67.6 Å². The number of halogens is 2. The van der Waals surface area contributed by atoms with Gasteiger partial charge < -0.3 is 10.1 Å². The Kier molecular flexibility index (Phi) is 9.04. The molecule has 33 heavy (non-hydrogen) atoms. The number of carbonyl (C=O) groups excluding carboxylic acids is 2. The number of hydrogen-bond donors (Lipinski definition) is 2. The molecule has 0 aliphatic carbocycles. The van der Waals surface area contributed by atoms with E-state index in [0.29, 0.717) is 17.4 Å². The van der Waals surface area contributed by atoms with Gasteiger partial charge in [0.25, 0.3) is 0 Å². The van der Waals surface area contributed by atoms with Gasteiger partial charge in [0, 0.05) is 29.1 Å². The lowest BCUT2D eigenvalue weighted by Crippen LogP contribution is -2.20. The van der Waals surface area contributed by atoms with Gasteiger partial charge in [-0.3, -0.25) is 9.59 Å². The molecule has 0 aromatic heterocycles. The molecular formula is C25H23BrClN3O3. The van der Waals surface area contributed by atoms with Crippen LogP contribution >= 0.6 is 27.5 Å². The number of benzene rings is 3. The van der Waals surface area contributed by atoms with Gasteiger partial charge in [-0.15, -0.1) is 0 Å². The molecule has 0 unspecified atom stereocenters. The largest absolute Gasteiger partial charge is 0.488 e. The molecule has 0 saturated heterocycles. The normalized spacial score (nSPS) is 10.8. The van der Waals surface area contributed by atoms with E-state index in [4.69, 9.17) is 16.3 Å². The summed E-state index contributed by atoms with van der Waals surface area (Å²) in [6.07, 6.45) is 1.63. The van der Waals surface area contributed by atoms with Crippen LogP contribution in [0.5, 0.6) is 5.75 Å². The summed E-state index contributed by atoms with van der Waals surface area (Å²) in [5.41, 5.74) is 5.81. The molecule has 3 aromatic rings. The third-order valence-electron chi connectivity index (χ3n) is 4.70. The third-order valence-corrected chi connectivity index (χ3v) is 5.69. The zero-order chi connectivity index (χ0) is 23.6. The maximum absolute atomic E-state index is 12.0. The van der Waals surface area contributed by atoms with Crippen molar-refractivity contribution in [3.05, 3.63) is 92.9 Å². The molecule has 3 rings (SSSR count). The first-order valence-electron chi connectivity index (χ1n) is 10.3. The lowest BCUT2D eigenvalue weighted by Gasteiger charge is -2.10. The summed E-state index contributed by atoms with van der Waals surface area (Å²) < 4.78 is 6.57. The zero-order valence-electron chi connectivity index (χ0n) is 18.0. The van der Waals surface area contributed by atoms with Crippen molar-refractivity contribution in [2.45, 2.75) is 26.4 Å². The number of nitrogens with zero attached hydrogens (tertiary/aromatic N) is 1. The van der Waals surface area contributed by atoms with Crippen LogP contribution in [0, 0.1) is 6.92 Å². The number of ether oxygens (including phenoxy) is 1. The van der Waals surface area contributed by atoms with Crippen LogP contribution in [0.2, 0.25) is 5.02 Å². The van der Waals surface area contributed by atoms with Gasteiger partial charge in [0.2, 0.25) is 11.8 Å². The lowest BCUT2D eigenvalue weighted by molar-refractivity contribution is -0.124. The molecule has 0 radical (unpaired) electrons. The zero-order valence-corrected chi connectivity index (χ0v) is 20.3. The Hall–Kier alpha value is -3.16. The molecular weight excluding hydrogens is 506 g/mol. The predicted molar refractivity (Wildman–Crippen MR) is 135 cm³/mol. The smallest absolute Gasteiger partial charge is 0.240 e. The maximum atomic E-state index is 12.0. The molecule has 3 aromatic carbocycles. The fraction of sp³-hybridized carbons (Fsp3) is 0.160. The minimum atomic E-state index is -0.343. The van der Waals surface area contributed by atoms with Crippen molar-refractivity contribution in [3.63, 3.8) is 0 Å².